The quantitative estimate of drug-likeness (QED) is 0.318. The van der Waals surface area contributed by atoms with Gasteiger partial charge in [-0.3, -0.25) is 4.79 Å². The van der Waals surface area contributed by atoms with Crippen LogP contribution < -0.4 is 10.2 Å². The summed E-state index contributed by atoms with van der Waals surface area (Å²) < 4.78 is 6.88. The summed E-state index contributed by atoms with van der Waals surface area (Å²) >= 11 is 5.08. The number of hydrogen-bond acceptors (Lipinski definition) is 4. The van der Waals surface area contributed by atoms with Crippen LogP contribution in [0.5, 0.6) is 5.75 Å². The molecule has 0 unspecified atom stereocenters. The first kappa shape index (κ1) is 21.3. The molecule has 0 radical (unpaired) electrons. The van der Waals surface area contributed by atoms with Crippen molar-refractivity contribution < 1.29 is 9.53 Å². The maximum Gasteiger partial charge on any atom is 0.272 e. The Kier molecular flexibility index (Phi) is 7.61. The second-order valence-corrected chi connectivity index (χ2v) is 8.62. The second kappa shape index (κ2) is 10.4. The lowest BCUT2D eigenvalue weighted by Gasteiger charge is -2.10. The normalized spacial score (nSPS) is 11.0. The van der Waals surface area contributed by atoms with Crippen LogP contribution in [0.15, 0.2) is 63.5 Å². The largest absolute Gasteiger partial charge is 0.488 e. The molecule has 1 N–H and O–H groups in total. The Balaban J connectivity index is 1.65. The van der Waals surface area contributed by atoms with Gasteiger partial charge in [0.25, 0.3) is 5.91 Å². The molecule has 0 aliphatic carbocycles. The topological polar surface area (TPSA) is 50.7 Å². The molecule has 4 nitrogen and oxygen atoms in total. The Morgan fingerprint density at radius 3 is 2.76 bits per heavy atom. The third-order valence-corrected chi connectivity index (χ3v) is 5.76. The molecule has 3 aromatic rings. The van der Waals surface area contributed by atoms with Crippen molar-refractivity contribution >= 4 is 39.4 Å². The van der Waals surface area contributed by atoms with Crippen LogP contribution in [0, 0.1) is 6.92 Å². The van der Waals surface area contributed by atoms with Crippen molar-refractivity contribution in [3.63, 3.8) is 0 Å². The highest BCUT2D eigenvalue weighted by molar-refractivity contribution is 9.10. The maximum absolute atomic E-state index is 12.3. The zero-order chi connectivity index (χ0) is 20.6. The lowest BCUT2D eigenvalue weighted by molar-refractivity contribution is 0.0955. The molecule has 0 bridgehead atoms. The molecule has 29 heavy (non-hydrogen) atoms. The number of ether oxygens (including phenoxy) is 1. The van der Waals surface area contributed by atoms with Crippen molar-refractivity contribution in [3.8, 4) is 5.75 Å². The third kappa shape index (κ3) is 6.27. The summed E-state index contributed by atoms with van der Waals surface area (Å²) in [6, 6.07) is 15.9. The van der Waals surface area contributed by atoms with Crippen LogP contribution in [0.2, 0.25) is 0 Å². The van der Waals surface area contributed by atoms with Gasteiger partial charge in [0, 0.05) is 20.3 Å². The monoisotopic (exact) mass is 470 g/mol. The molecule has 1 heterocycles. The van der Waals surface area contributed by atoms with Crippen LogP contribution in [0.1, 0.15) is 45.3 Å². The molecule has 0 aliphatic rings. The van der Waals surface area contributed by atoms with Crippen molar-refractivity contribution in [2.24, 2.45) is 5.10 Å². The highest BCUT2D eigenvalue weighted by Gasteiger charge is 2.08. The van der Waals surface area contributed by atoms with Crippen LogP contribution in [-0.2, 0) is 13.0 Å². The zero-order valence-corrected chi connectivity index (χ0v) is 18.8. The fourth-order valence-electron chi connectivity index (χ4n) is 2.70. The molecule has 0 saturated heterocycles. The molecular formula is C23H23BrN2O2S. The number of benzene rings is 2. The number of aryl methyl sites for hydroxylation is 2. The van der Waals surface area contributed by atoms with Crippen molar-refractivity contribution in [3.05, 3.63) is 85.5 Å². The van der Waals surface area contributed by atoms with Gasteiger partial charge in [-0.25, -0.2) is 5.43 Å². The van der Waals surface area contributed by atoms with Gasteiger partial charge >= 0.3 is 0 Å². The van der Waals surface area contributed by atoms with Crippen LogP contribution in [-0.4, -0.2) is 12.1 Å². The second-order valence-electron chi connectivity index (χ2n) is 6.71. The summed E-state index contributed by atoms with van der Waals surface area (Å²) in [5.74, 6) is 0.490. The van der Waals surface area contributed by atoms with Crippen molar-refractivity contribution in [1.29, 1.82) is 0 Å². The summed E-state index contributed by atoms with van der Waals surface area (Å²) in [5, 5.41) is 5.99. The Hall–Kier alpha value is -2.44. The van der Waals surface area contributed by atoms with Crippen molar-refractivity contribution in [2.75, 3.05) is 0 Å². The van der Waals surface area contributed by atoms with E-state index in [-0.39, 0.29) is 5.91 Å². The van der Waals surface area contributed by atoms with E-state index in [1.807, 2.05) is 29.6 Å². The van der Waals surface area contributed by atoms with Crippen LogP contribution in [0.4, 0.5) is 0 Å². The first-order chi connectivity index (χ1) is 14.0. The average molecular weight is 471 g/mol. The number of halogens is 1. The number of nitrogens with one attached hydrogen (secondary N) is 1. The van der Waals surface area contributed by atoms with E-state index in [9.17, 15) is 4.79 Å². The molecule has 0 spiro atoms. The number of hydrogen-bond donors (Lipinski definition) is 1. The average Bonchev–Trinajstić information content (AvgIpc) is 3.18. The first-order valence-electron chi connectivity index (χ1n) is 9.44. The number of carbonyl (C=O) groups is 1. The minimum atomic E-state index is -0.211. The molecule has 150 valence electrons. The van der Waals surface area contributed by atoms with Crippen molar-refractivity contribution in [1.82, 2.24) is 5.43 Å². The predicted octanol–water partition coefficient (Wildman–Crippen LogP) is 6.11. The molecule has 0 fully saturated rings. The first-order valence-corrected chi connectivity index (χ1v) is 11.1. The van der Waals surface area contributed by atoms with Gasteiger partial charge in [0.2, 0.25) is 0 Å². The minimum Gasteiger partial charge on any atom is -0.488 e. The summed E-state index contributed by atoms with van der Waals surface area (Å²) in [4.78, 5) is 13.5. The van der Waals surface area contributed by atoms with Gasteiger partial charge in [-0.2, -0.15) is 5.10 Å². The van der Waals surface area contributed by atoms with Gasteiger partial charge in [0.15, 0.2) is 0 Å². The highest BCUT2D eigenvalue weighted by Crippen LogP contribution is 2.23. The Morgan fingerprint density at radius 1 is 1.21 bits per heavy atom. The van der Waals surface area contributed by atoms with Crippen LogP contribution in [0.3, 0.4) is 0 Å². The molecule has 1 amide bonds. The summed E-state index contributed by atoms with van der Waals surface area (Å²) in [6.07, 6.45) is 3.65. The van der Waals surface area contributed by atoms with E-state index >= 15 is 0 Å². The van der Waals surface area contributed by atoms with E-state index in [4.69, 9.17) is 4.74 Å². The highest BCUT2D eigenvalue weighted by atomic mass is 79.9. The Labute approximate surface area is 183 Å². The van der Waals surface area contributed by atoms with E-state index in [1.165, 1.54) is 10.4 Å². The van der Waals surface area contributed by atoms with Crippen LogP contribution in [0.25, 0.3) is 0 Å². The third-order valence-electron chi connectivity index (χ3n) is 4.27. The number of rotatable bonds is 8. The molecule has 0 aliphatic heterocycles. The molecule has 0 atom stereocenters. The number of amides is 1. The van der Waals surface area contributed by atoms with Gasteiger partial charge in [-0.15, -0.1) is 11.3 Å². The zero-order valence-electron chi connectivity index (χ0n) is 16.4. The maximum atomic E-state index is 12.3. The molecule has 6 heteroatoms. The molecule has 1 aromatic heterocycles. The van der Waals surface area contributed by atoms with Gasteiger partial charge in [-0.05, 0) is 43.2 Å². The SMILES string of the molecule is CCCc1cc(C(=O)NN=Cc2cc(Br)ccc2OCc2ccc(C)cc2)cs1. The fourth-order valence-corrected chi connectivity index (χ4v) is 4.05. The van der Waals surface area contributed by atoms with Gasteiger partial charge in [-0.1, -0.05) is 59.1 Å². The van der Waals surface area contributed by atoms with Gasteiger partial charge in [0.1, 0.15) is 12.4 Å². The standard InChI is InChI=1S/C23H23BrN2O2S/c1-3-4-21-12-19(15-29-21)23(27)26-25-13-18-11-20(24)9-10-22(18)28-14-17-7-5-16(2)6-8-17/h5-13,15H,3-4,14H2,1-2H3,(H,26,27). The molecule has 2 aromatic carbocycles. The van der Waals surface area contributed by atoms with E-state index in [2.05, 4.69) is 64.6 Å². The minimum absolute atomic E-state index is 0.211. The Morgan fingerprint density at radius 2 is 2.00 bits per heavy atom. The van der Waals surface area contributed by atoms with E-state index in [0.29, 0.717) is 17.9 Å². The molecular weight excluding hydrogens is 448 g/mol. The van der Waals surface area contributed by atoms with Gasteiger partial charge < -0.3 is 4.74 Å². The Bertz CT molecular complexity index is 996. The summed E-state index contributed by atoms with van der Waals surface area (Å²) in [5.41, 5.74) is 6.33. The van der Waals surface area contributed by atoms with E-state index < -0.39 is 0 Å². The lowest BCUT2D eigenvalue weighted by atomic mass is 10.1. The van der Waals surface area contributed by atoms with Crippen molar-refractivity contribution in [2.45, 2.75) is 33.3 Å². The van der Waals surface area contributed by atoms with E-state index in [1.54, 1.807) is 17.6 Å². The molecule has 0 saturated carbocycles. The van der Waals surface area contributed by atoms with E-state index in [0.717, 1.165) is 28.4 Å². The number of carbonyl (C=O) groups excluding carboxylic acids is 1. The summed E-state index contributed by atoms with van der Waals surface area (Å²) in [6.45, 7) is 4.65. The predicted molar refractivity (Wildman–Crippen MR) is 123 cm³/mol. The number of nitrogens with zero attached hydrogens (tertiary/aromatic N) is 1. The molecule has 3 rings (SSSR count). The smallest absolute Gasteiger partial charge is 0.272 e. The lowest BCUT2D eigenvalue weighted by Crippen LogP contribution is -2.16. The summed E-state index contributed by atoms with van der Waals surface area (Å²) in [7, 11) is 0. The van der Waals surface area contributed by atoms with Crippen LogP contribution >= 0.6 is 27.3 Å². The number of hydrazone groups is 1. The fraction of sp³-hybridized carbons (Fsp3) is 0.217. The van der Waals surface area contributed by atoms with Gasteiger partial charge in [0.05, 0.1) is 11.8 Å². The number of thiophene rings is 1.